The Bertz CT molecular complexity index is 2080. The van der Waals surface area contributed by atoms with Gasteiger partial charge in [-0.15, -0.1) is 0 Å². The van der Waals surface area contributed by atoms with Gasteiger partial charge < -0.3 is 84.5 Å². The van der Waals surface area contributed by atoms with Crippen LogP contribution in [0.5, 0.6) is 0 Å². The van der Waals surface area contributed by atoms with Crippen LogP contribution >= 0.6 is 15.6 Å². The quantitative estimate of drug-likeness (QED) is 0.0153. The molecule has 0 aromatic rings. The highest BCUT2D eigenvalue weighted by atomic mass is 31.2. The largest absolute Gasteiger partial charge is 0.472 e. The van der Waals surface area contributed by atoms with E-state index in [4.69, 9.17) is 32.7 Å². The summed E-state index contributed by atoms with van der Waals surface area (Å²) in [5.74, 6) is -4.01. The summed E-state index contributed by atoms with van der Waals surface area (Å²) in [6.07, 6.45) is 13.8. The fourth-order valence-electron chi connectivity index (χ4n) is 12.4. The zero-order chi connectivity index (χ0) is 70.3. The van der Waals surface area contributed by atoms with Crippen LogP contribution in [-0.2, 0) is 61.0 Å². The number of esters is 2. The van der Waals surface area contributed by atoms with Crippen LogP contribution in [0, 0.1) is 0 Å². The van der Waals surface area contributed by atoms with Gasteiger partial charge in [-0.1, -0.05) is 259 Å². The molecular weight excluding hydrogens is 1270 g/mol. The van der Waals surface area contributed by atoms with Crippen LogP contribution in [0.15, 0.2) is 0 Å². The molecule has 0 spiro atoms. The van der Waals surface area contributed by atoms with Gasteiger partial charge in [0.05, 0.1) is 63.3 Å². The van der Waals surface area contributed by atoms with Gasteiger partial charge in [0.15, 0.2) is 24.8 Å². The first-order valence-corrected chi connectivity index (χ1v) is 39.9. The van der Waals surface area contributed by atoms with Crippen molar-refractivity contribution in [3.8, 4) is 0 Å². The van der Waals surface area contributed by atoms with Crippen molar-refractivity contribution in [1.82, 2.24) is 10.6 Å². The first-order valence-electron chi connectivity index (χ1n) is 36.8. The molecule has 2 rings (SSSR count). The van der Waals surface area contributed by atoms with E-state index >= 15 is 0 Å². The number of amides is 2. The van der Waals surface area contributed by atoms with Crippen molar-refractivity contribution in [1.29, 1.82) is 0 Å². The number of aliphatic hydroxyl groups is 6. The average molecular weight is 1410 g/mol. The normalized spacial score (nSPS) is 23.0. The van der Waals surface area contributed by atoms with Crippen molar-refractivity contribution in [2.45, 2.75) is 396 Å². The Hall–Kier alpha value is -2.26. The summed E-state index contributed by atoms with van der Waals surface area (Å²) in [6, 6.07) is -3.75. The summed E-state index contributed by atoms with van der Waals surface area (Å²) in [7, 11) is -11.2. The molecule has 0 aliphatic carbocycles. The monoisotopic (exact) mass is 1400 g/mol. The Kier molecular flexibility index (Phi) is 50.1. The molecule has 2 fully saturated rings. The lowest BCUT2D eigenvalue weighted by molar-refractivity contribution is -0.296. The molecule has 14 atom stereocenters. The number of hydrogen-bond acceptors (Lipinski definition) is 19. The lowest BCUT2D eigenvalue weighted by Gasteiger charge is -2.47. The smallest absolute Gasteiger partial charge is 0.457 e. The first-order chi connectivity index (χ1) is 45.4. The third-order valence-corrected chi connectivity index (χ3v) is 18.8. The van der Waals surface area contributed by atoms with Crippen LogP contribution in [0.2, 0.25) is 0 Å². The van der Waals surface area contributed by atoms with E-state index in [0.717, 1.165) is 154 Å². The Morgan fingerprint density at radius 2 is 0.695 bits per heavy atom. The van der Waals surface area contributed by atoms with E-state index in [0.29, 0.717) is 25.7 Å². The van der Waals surface area contributed by atoms with Gasteiger partial charge in [0.25, 0.3) is 0 Å². The third-order valence-electron chi connectivity index (χ3n) is 17.8. The standard InChI is InChI=1S/C68H130N2O23P2/c1-5-9-13-17-21-25-29-33-37-41-51(72)45-57(76)69-61-65(90-59(78)47-53(74)43-39-35-31-27-23-19-15-11-7-3)63(80)56(89-68(61)93-95(84,85)86)50-87-67-62(70-58(77)46-52(73)42-38-34-30-26-22-18-14-10-6-2)66(64(55(49-71)88-67)92-94(81,82)83)91-60(79)48-54(75)44-40-36-32-28-24-20-16-12-8-4/h51-56,61-68,71-75,80H,5-50H2,1-4H3,(H,69,76)(H,70,77)(H2,81,82,83)(H2,84,85,86)/t51-,52-,53-,54-,55?,56?,61+,62+,63-,64-,65?,66?,67-,68-/m1/s1. The Morgan fingerprint density at radius 3 is 1.02 bits per heavy atom. The predicted octanol–water partition coefficient (Wildman–Crippen LogP) is 10.9. The van der Waals surface area contributed by atoms with Crippen LogP contribution in [0.3, 0.4) is 0 Å². The van der Waals surface area contributed by atoms with Crippen molar-refractivity contribution in [3.05, 3.63) is 0 Å². The number of carbonyl (C=O) groups excluding carboxylic acids is 4. The molecule has 4 unspecified atom stereocenters. The molecule has 95 heavy (non-hydrogen) atoms. The molecule has 12 N–H and O–H groups in total. The Balaban J connectivity index is 2.55. The van der Waals surface area contributed by atoms with Crippen LogP contribution in [-0.4, -0.2) is 173 Å². The van der Waals surface area contributed by atoms with Crippen LogP contribution < -0.4 is 10.6 Å². The second-order valence-electron chi connectivity index (χ2n) is 26.7. The van der Waals surface area contributed by atoms with Crippen LogP contribution in [0.4, 0.5) is 0 Å². The first kappa shape index (κ1) is 88.8. The molecule has 0 saturated carbocycles. The molecule has 0 bridgehead atoms. The van der Waals surface area contributed by atoms with Crippen LogP contribution in [0.25, 0.3) is 0 Å². The van der Waals surface area contributed by atoms with Gasteiger partial charge in [-0.25, -0.2) is 9.13 Å². The SMILES string of the molecule is CCCCCCCCCCC[C@@H](O)CC(=O)N[C@H]1C(OC(=O)C[C@H](O)CCCCCCCCCCC)[C@H](O)C(CO[C@@H]2OC(CO)[C@@H](OP(=O)(O)O)C(OC(=O)C[C@H](O)CCCCCCCCCCC)[C@@H]2NC(=O)C[C@H](O)CCCCCCCCCCC)O[C@@H]1OP(=O)(O)O. The minimum Gasteiger partial charge on any atom is -0.457 e. The zero-order valence-electron chi connectivity index (χ0n) is 58.3. The van der Waals surface area contributed by atoms with Gasteiger partial charge in [0.2, 0.25) is 11.8 Å². The number of carbonyl (C=O) groups is 4. The second kappa shape index (κ2) is 53.6. The Morgan fingerprint density at radius 1 is 0.400 bits per heavy atom. The number of aliphatic hydroxyl groups excluding tert-OH is 6. The lowest BCUT2D eigenvalue weighted by Crippen LogP contribution is -2.68. The molecule has 0 aromatic carbocycles. The number of phosphoric ester groups is 2. The second-order valence-corrected chi connectivity index (χ2v) is 29.1. The summed E-state index contributed by atoms with van der Waals surface area (Å²) in [4.78, 5) is 96.5. The van der Waals surface area contributed by atoms with E-state index in [1.54, 1.807) is 0 Å². The molecular formula is C68H130N2O23P2. The number of ether oxygens (including phenoxy) is 5. The van der Waals surface area contributed by atoms with Crippen LogP contribution in [0.1, 0.15) is 310 Å². The molecule has 0 aromatic heterocycles. The minimum absolute atomic E-state index is 0.196. The Labute approximate surface area is 568 Å². The lowest BCUT2D eigenvalue weighted by atomic mass is 9.95. The molecule has 2 heterocycles. The summed E-state index contributed by atoms with van der Waals surface area (Å²) < 4.78 is 65.3. The van der Waals surface area contributed by atoms with E-state index in [1.807, 2.05) is 0 Å². The van der Waals surface area contributed by atoms with Gasteiger partial charge >= 0.3 is 27.6 Å². The van der Waals surface area contributed by atoms with Gasteiger partial charge in [0.1, 0.15) is 36.5 Å². The maximum Gasteiger partial charge on any atom is 0.472 e. The fraction of sp³-hybridized carbons (Fsp3) is 0.941. The highest BCUT2D eigenvalue weighted by Crippen LogP contribution is 2.44. The molecule has 2 aliphatic rings. The van der Waals surface area contributed by atoms with Crippen molar-refractivity contribution in [3.63, 3.8) is 0 Å². The van der Waals surface area contributed by atoms with Gasteiger partial charge in [-0.2, -0.15) is 0 Å². The van der Waals surface area contributed by atoms with E-state index < -0.39 is 164 Å². The maximum absolute atomic E-state index is 14.1. The highest BCUT2D eigenvalue weighted by molar-refractivity contribution is 7.46. The van der Waals surface area contributed by atoms with E-state index in [-0.39, 0.29) is 25.7 Å². The van der Waals surface area contributed by atoms with Gasteiger partial charge in [-0.05, 0) is 25.7 Å². The van der Waals surface area contributed by atoms with Crippen molar-refractivity contribution in [2.75, 3.05) is 13.2 Å². The van der Waals surface area contributed by atoms with Crippen molar-refractivity contribution >= 4 is 39.4 Å². The topological polar surface area (TPSA) is 393 Å². The van der Waals surface area contributed by atoms with Gasteiger partial charge in [0, 0.05) is 0 Å². The zero-order valence-corrected chi connectivity index (χ0v) is 60.1. The summed E-state index contributed by atoms with van der Waals surface area (Å²) >= 11 is 0. The average Bonchev–Trinajstić information content (AvgIpc) is 0.817. The number of hydrogen-bond donors (Lipinski definition) is 12. The molecule has 2 amide bonds. The van der Waals surface area contributed by atoms with E-state index in [1.165, 1.54) is 51.4 Å². The molecule has 2 saturated heterocycles. The minimum atomic E-state index is -5.61. The number of nitrogens with one attached hydrogen (secondary N) is 2. The molecule has 2 aliphatic heterocycles. The summed E-state index contributed by atoms with van der Waals surface area (Å²) in [5.41, 5.74) is 0. The summed E-state index contributed by atoms with van der Waals surface area (Å²) in [6.45, 7) is 6.55. The number of unbranched alkanes of at least 4 members (excludes halogenated alkanes) is 32. The highest BCUT2D eigenvalue weighted by Gasteiger charge is 2.55. The molecule has 0 radical (unpaired) electrons. The van der Waals surface area contributed by atoms with E-state index in [2.05, 4.69) is 38.3 Å². The van der Waals surface area contributed by atoms with Gasteiger partial charge in [-0.3, -0.25) is 28.2 Å². The van der Waals surface area contributed by atoms with E-state index in [9.17, 15) is 78.5 Å². The maximum atomic E-state index is 14.1. The molecule has 27 heteroatoms. The number of rotatable bonds is 60. The van der Waals surface area contributed by atoms with Crippen molar-refractivity contribution in [2.24, 2.45) is 0 Å². The predicted molar refractivity (Wildman–Crippen MR) is 360 cm³/mol. The number of phosphoric acid groups is 2. The summed E-state index contributed by atoms with van der Waals surface area (Å²) in [5, 5.41) is 72.2. The third kappa shape index (κ3) is 43.2. The fourth-order valence-corrected chi connectivity index (χ4v) is 13.4. The molecule has 25 nitrogen and oxygen atoms in total. The molecule has 560 valence electrons. The van der Waals surface area contributed by atoms with Crippen molar-refractivity contribution < 1.29 is 111 Å².